The predicted octanol–water partition coefficient (Wildman–Crippen LogP) is 3.08. The SMILES string of the molecule is CN=C(NCCCc1ccc(Cl)cc1)N1CCN(c2ncccn2)CC1.I. The van der Waals surface area contributed by atoms with Gasteiger partial charge in [-0.3, -0.25) is 4.99 Å². The molecule has 0 spiro atoms. The zero-order valence-electron chi connectivity index (χ0n) is 15.5. The lowest BCUT2D eigenvalue weighted by atomic mass is 10.1. The van der Waals surface area contributed by atoms with Gasteiger partial charge in [0, 0.05) is 57.2 Å². The molecule has 0 radical (unpaired) electrons. The Kier molecular flexibility index (Phi) is 9.06. The molecule has 1 aliphatic heterocycles. The molecule has 1 N–H and O–H groups in total. The van der Waals surface area contributed by atoms with Gasteiger partial charge in [0.2, 0.25) is 5.95 Å². The molecule has 2 aromatic rings. The molecule has 0 amide bonds. The highest BCUT2D eigenvalue weighted by molar-refractivity contribution is 14.0. The van der Waals surface area contributed by atoms with Crippen molar-refractivity contribution in [2.75, 3.05) is 44.7 Å². The maximum absolute atomic E-state index is 5.92. The Labute approximate surface area is 183 Å². The molecule has 1 aliphatic rings. The lowest BCUT2D eigenvalue weighted by Crippen LogP contribution is -2.53. The fourth-order valence-corrected chi connectivity index (χ4v) is 3.17. The first-order valence-corrected chi connectivity index (χ1v) is 9.36. The van der Waals surface area contributed by atoms with Crippen molar-refractivity contribution in [3.8, 4) is 0 Å². The molecule has 1 saturated heterocycles. The van der Waals surface area contributed by atoms with Crippen LogP contribution < -0.4 is 10.2 Å². The predicted molar refractivity (Wildman–Crippen MR) is 122 cm³/mol. The number of hydrogen-bond donors (Lipinski definition) is 1. The number of piperazine rings is 1. The Morgan fingerprint density at radius 3 is 2.41 bits per heavy atom. The minimum atomic E-state index is 0. The molecule has 3 rings (SSSR count). The van der Waals surface area contributed by atoms with Crippen LogP contribution in [0.5, 0.6) is 0 Å². The zero-order chi connectivity index (χ0) is 18.2. The fourth-order valence-electron chi connectivity index (χ4n) is 3.05. The third-order valence-corrected chi connectivity index (χ3v) is 4.72. The van der Waals surface area contributed by atoms with Crippen molar-refractivity contribution in [3.05, 3.63) is 53.3 Å². The minimum absolute atomic E-state index is 0. The van der Waals surface area contributed by atoms with Crippen LogP contribution in [-0.4, -0.2) is 60.6 Å². The van der Waals surface area contributed by atoms with E-state index in [9.17, 15) is 0 Å². The van der Waals surface area contributed by atoms with E-state index in [1.54, 1.807) is 12.4 Å². The summed E-state index contributed by atoms with van der Waals surface area (Å²) in [5, 5.41) is 4.26. The maximum Gasteiger partial charge on any atom is 0.225 e. The molecule has 0 saturated carbocycles. The number of nitrogens with zero attached hydrogens (tertiary/aromatic N) is 5. The molecule has 6 nitrogen and oxygen atoms in total. The van der Waals surface area contributed by atoms with E-state index in [0.717, 1.165) is 62.5 Å². The number of hydrogen-bond acceptors (Lipinski definition) is 4. The topological polar surface area (TPSA) is 56.7 Å². The molecule has 27 heavy (non-hydrogen) atoms. The molecule has 0 bridgehead atoms. The lowest BCUT2D eigenvalue weighted by molar-refractivity contribution is 0.370. The Hall–Kier alpha value is -1.61. The molecule has 1 aromatic carbocycles. The van der Waals surface area contributed by atoms with Crippen LogP contribution in [0.4, 0.5) is 5.95 Å². The smallest absolute Gasteiger partial charge is 0.225 e. The van der Waals surface area contributed by atoms with Gasteiger partial charge in [-0.2, -0.15) is 0 Å². The molecular formula is C19H26ClIN6. The van der Waals surface area contributed by atoms with E-state index in [0.29, 0.717) is 0 Å². The Morgan fingerprint density at radius 1 is 1.11 bits per heavy atom. The first kappa shape index (κ1) is 21.7. The van der Waals surface area contributed by atoms with Gasteiger partial charge in [-0.15, -0.1) is 24.0 Å². The number of aryl methyl sites for hydroxylation is 1. The van der Waals surface area contributed by atoms with E-state index >= 15 is 0 Å². The number of benzene rings is 1. The quantitative estimate of drug-likeness (QED) is 0.296. The number of aliphatic imine (C=N–C) groups is 1. The lowest BCUT2D eigenvalue weighted by Gasteiger charge is -2.36. The maximum atomic E-state index is 5.92. The number of nitrogens with one attached hydrogen (secondary N) is 1. The van der Waals surface area contributed by atoms with Crippen LogP contribution >= 0.6 is 35.6 Å². The molecule has 0 unspecified atom stereocenters. The first-order valence-electron chi connectivity index (χ1n) is 8.98. The van der Waals surface area contributed by atoms with Gasteiger partial charge in [0.1, 0.15) is 0 Å². The third-order valence-electron chi connectivity index (χ3n) is 4.46. The fraction of sp³-hybridized carbons (Fsp3) is 0.421. The van der Waals surface area contributed by atoms with Crippen molar-refractivity contribution in [3.63, 3.8) is 0 Å². The van der Waals surface area contributed by atoms with Crippen molar-refractivity contribution >= 4 is 47.5 Å². The van der Waals surface area contributed by atoms with Gasteiger partial charge in [-0.1, -0.05) is 23.7 Å². The van der Waals surface area contributed by atoms with Crippen LogP contribution in [0.1, 0.15) is 12.0 Å². The average molecular weight is 501 g/mol. The first-order chi connectivity index (χ1) is 12.8. The molecule has 2 heterocycles. The van der Waals surface area contributed by atoms with Gasteiger partial charge < -0.3 is 15.1 Å². The highest BCUT2D eigenvalue weighted by atomic mass is 127. The molecule has 0 atom stereocenters. The Bertz CT molecular complexity index is 702. The van der Waals surface area contributed by atoms with Crippen molar-refractivity contribution in [2.24, 2.45) is 4.99 Å². The van der Waals surface area contributed by atoms with Crippen molar-refractivity contribution in [2.45, 2.75) is 12.8 Å². The van der Waals surface area contributed by atoms with Crippen LogP contribution in [0, 0.1) is 0 Å². The van der Waals surface area contributed by atoms with Crippen LogP contribution in [0.2, 0.25) is 5.02 Å². The van der Waals surface area contributed by atoms with Gasteiger partial charge in [0.15, 0.2) is 5.96 Å². The zero-order valence-corrected chi connectivity index (χ0v) is 18.6. The largest absolute Gasteiger partial charge is 0.356 e. The second kappa shape index (κ2) is 11.3. The molecular weight excluding hydrogens is 475 g/mol. The molecule has 1 fully saturated rings. The average Bonchev–Trinajstić information content (AvgIpc) is 2.70. The summed E-state index contributed by atoms with van der Waals surface area (Å²) in [5.74, 6) is 1.77. The summed E-state index contributed by atoms with van der Waals surface area (Å²) >= 11 is 5.92. The van der Waals surface area contributed by atoms with E-state index in [4.69, 9.17) is 11.6 Å². The minimum Gasteiger partial charge on any atom is -0.356 e. The standard InChI is InChI=1S/C19H25ClN6.HI/c1-21-18(22-9-2-4-16-5-7-17(20)8-6-16)25-12-14-26(15-13-25)19-23-10-3-11-24-19;/h3,5-8,10-11H,2,4,9,12-15H2,1H3,(H,21,22);1H. The number of guanidine groups is 1. The Morgan fingerprint density at radius 2 is 1.78 bits per heavy atom. The second-order valence-corrected chi connectivity index (χ2v) is 6.66. The molecule has 0 aliphatic carbocycles. The van der Waals surface area contributed by atoms with Crippen LogP contribution in [-0.2, 0) is 6.42 Å². The summed E-state index contributed by atoms with van der Waals surface area (Å²) in [5.41, 5.74) is 1.31. The van der Waals surface area contributed by atoms with Crippen LogP contribution in [0.15, 0.2) is 47.7 Å². The van der Waals surface area contributed by atoms with Gasteiger partial charge in [-0.05, 0) is 36.6 Å². The van der Waals surface area contributed by atoms with Crippen LogP contribution in [0.25, 0.3) is 0 Å². The molecule has 146 valence electrons. The van der Waals surface area contributed by atoms with Gasteiger partial charge in [0.25, 0.3) is 0 Å². The van der Waals surface area contributed by atoms with Gasteiger partial charge in [0.05, 0.1) is 0 Å². The van der Waals surface area contributed by atoms with E-state index in [1.807, 2.05) is 25.2 Å². The van der Waals surface area contributed by atoms with Crippen LogP contribution in [0.3, 0.4) is 0 Å². The molecule has 8 heteroatoms. The van der Waals surface area contributed by atoms with E-state index in [2.05, 4.69) is 42.2 Å². The highest BCUT2D eigenvalue weighted by Crippen LogP contribution is 2.11. The molecule has 1 aromatic heterocycles. The van der Waals surface area contributed by atoms with E-state index < -0.39 is 0 Å². The van der Waals surface area contributed by atoms with Crippen molar-refractivity contribution in [1.29, 1.82) is 0 Å². The normalized spacial score (nSPS) is 14.7. The highest BCUT2D eigenvalue weighted by Gasteiger charge is 2.20. The summed E-state index contributed by atoms with van der Waals surface area (Å²) < 4.78 is 0. The monoisotopic (exact) mass is 500 g/mol. The number of anilines is 1. The number of halogens is 2. The summed E-state index contributed by atoms with van der Waals surface area (Å²) in [6.45, 7) is 4.52. The Balaban J connectivity index is 0.00000261. The summed E-state index contributed by atoms with van der Waals surface area (Å²) in [6, 6.07) is 9.90. The van der Waals surface area contributed by atoms with Gasteiger partial charge >= 0.3 is 0 Å². The third kappa shape index (κ3) is 6.49. The summed E-state index contributed by atoms with van der Waals surface area (Å²) in [7, 11) is 1.84. The van der Waals surface area contributed by atoms with E-state index in [-0.39, 0.29) is 24.0 Å². The summed E-state index contributed by atoms with van der Waals surface area (Å²) in [6.07, 6.45) is 5.66. The number of aromatic nitrogens is 2. The number of rotatable bonds is 5. The summed E-state index contributed by atoms with van der Waals surface area (Å²) in [4.78, 5) is 17.6. The van der Waals surface area contributed by atoms with Crippen molar-refractivity contribution in [1.82, 2.24) is 20.2 Å². The second-order valence-electron chi connectivity index (χ2n) is 6.23. The van der Waals surface area contributed by atoms with E-state index in [1.165, 1.54) is 5.56 Å². The van der Waals surface area contributed by atoms with Crippen molar-refractivity contribution < 1.29 is 0 Å². The van der Waals surface area contributed by atoms with Gasteiger partial charge in [-0.25, -0.2) is 9.97 Å².